The third-order valence-corrected chi connectivity index (χ3v) is 3.01. The average molecular weight is 228 g/mol. The lowest BCUT2D eigenvalue weighted by Crippen LogP contribution is -2.05. The molecule has 3 nitrogen and oxygen atoms in total. The predicted octanol–water partition coefficient (Wildman–Crippen LogP) is 3.12. The van der Waals surface area contributed by atoms with E-state index in [0.717, 1.165) is 25.0 Å². The van der Waals surface area contributed by atoms with Crippen LogP contribution in [0.4, 0.5) is 0 Å². The third-order valence-electron chi connectivity index (χ3n) is 3.01. The molecule has 0 aromatic heterocycles. The molecule has 1 rings (SSSR count). The molecule has 0 aromatic carbocycles. The largest absolute Gasteiger partial charge is 0.471 e. The van der Waals surface area contributed by atoms with Crippen molar-refractivity contribution < 1.29 is 14.3 Å². The predicted molar refractivity (Wildman–Crippen MR) is 64.2 cm³/mol. The molecule has 1 fully saturated rings. The van der Waals surface area contributed by atoms with Crippen molar-refractivity contribution in [2.45, 2.75) is 57.8 Å². The van der Waals surface area contributed by atoms with Gasteiger partial charge in [0.15, 0.2) is 0 Å². The summed E-state index contributed by atoms with van der Waals surface area (Å²) < 4.78 is 3.86. The Morgan fingerprint density at radius 2 is 1.75 bits per heavy atom. The summed E-state index contributed by atoms with van der Waals surface area (Å²) in [4.78, 5) is 19.0. The number of aldehydes is 1. The molecular formula is C13H24O3. The maximum Gasteiger partial charge on any atom is 0.292 e. The highest BCUT2D eigenvalue weighted by molar-refractivity contribution is 5.48. The summed E-state index contributed by atoms with van der Waals surface area (Å²) in [6.45, 7) is 0.375. The zero-order chi connectivity index (χ0) is 12.1. The first-order chi connectivity index (χ1) is 7.85. The Bertz CT molecular complexity index is 163. The lowest BCUT2D eigenvalue weighted by Gasteiger charge is -2.20. The Morgan fingerprint density at radius 1 is 1.12 bits per heavy atom. The van der Waals surface area contributed by atoms with Gasteiger partial charge in [0.05, 0.1) is 7.11 Å². The van der Waals surface area contributed by atoms with Gasteiger partial charge < -0.3 is 9.53 Å². The highest BCUT2D eigenvalue weighted by Gasteiger charge is 2.12. The minimum Gasteiger partial charge on any atom is -0.471 e. The highest BCUT2D eigenvalue weighted by Crippen LogP contribution is 2.27. The van der Waals surface area contributed by atoms with Crippen LogP contribution in [0.1, 0.15) is 57.8 Å². The van der Waals surface area contributed by atoms with E-state index in [1.165, 1.54) is 52.1 Å². The van der Waals surface area contributed by atoms with Crippen molar-refractivity contribution in [2.24, 2.45) is 5.92 Å². The number of hydrogen-bond donors (Lipinski definition) is 0. The number of carbonyl (C=O) groups excluding carboxylic acids is 2. The summed E-state index contributed by atoms with van der Waals surface area (Å²) in [6.07, 6.45) is 12.8. The Balaban J connectivity index is 0.000000487. The van der Waals surface area contributed by atoms with Gasteiger partial charge >= 0.3 is 0 Å². The number of carbonyl (C=O) groups is 2. The van der Waals surface area contributed by atoms with E-state index in [9.17, 15) is 4.79 Å². The molecule has 16 heavy (non-hydrogen) atoms. The van der Waals surface area contributed by atoms with Crippen LogP contribution >= 0.6 is 0 Å². The second-order valence-electron chi connectivity index (χ2n) is 4.29. The van der Waals surface area contributed by atoms with Gasteiger partial charge in [-0.2, -0.15) is 0 Å². The van der Waals surface area contributed by atoms with E-state index in [1.54, 1.807) is 0 Å². The zero-order valence-electron chi connectivity index (χ0n) is 10.3. The van der Waals surface area contributed by atoms with Gasteiger partial charge in [0, 0.05) is 6.42 Å². The van der Waals surface area contributed by atoms with Crippen LogP contribution in [-0.4, -0.2) is 19.9 Å². The fraction of sp³-hybridized carbons (Fsp3) is 0.846. The van der Waals surface area contributed by atoms with Crippen LogP contribution in [0.3, 0.4) is 0 Å². The Kier molecular flexibility index (Phi) is 11.6. The first-order valence-corrected chi connectivity index (χ1v) is 6.25. The van der Waals surface area contributed by atoms with Crippen molar-refractivity contribution >= 4 is 12.8 Å². The maximum absolute atomic E-state index is 10.1. The van der Waals surface area contributed by atoms with Crippen LogP contribution in [0, 0.1) is 5.92 Å². The molecule has 0 saturated heterocycles. The van der Waals surface area contributed by atoms with Gasteiger partial charge in [-0.3, -0.25) is 4.79 Å². The molecule has 3 heteroatoms. The molecule has 0 unspecified atom stereocenters. The molecule has 0 heterocycles. The van der Waals surface area contributed by atoms with Crippen molar-refractivity contribution in [1.29, 1.82) is 0 Å². The summed E-state index contributed by atoms with van der Waals surface area (Å²) in [5.41, 5.74) is 0. The molecule has 1 saturated carbocycles. The highest BCUT2D eigenvalue weighted by atomic mass is 16.5. The molecule has 0 bridgehead atoms. The quantitative estimate of drug-likeness (QED) is 0.518. The molecule has 1 aliphatic carbocycles. The maximum atomic E-state index is 10.1. The van der Waals surface area contributed by atoms with E-state index >= 15 is 0 Å². The van der Waals surface area contributed by atoms with Gasteiger partial charge in [0.25, 0.3) is 6.47 Å². The minimum absolute atomic E-state index is 0.375. The topological polar surface area (TPSA) is 43.4 Å². The smallest absolute Gasteiger partial charge is 0.292 e. The molecule has 94 valence electrons. The van der Waals surface area contributed by atoms with Gasteiger partial charge in [-0.25, -0.2) is 0 Å². The third kappa shape index (κ3) is 9.69. The van der Waals surface area contributed by atoms with Crippen molar-refractivity contribution in [3.05, 3.63) is 0 Å². The van der Waals surface area contributed by atoms with E-state index in [1.807, 2.05) is 0 Å². The first-order valence-electron chi connectivity index (χ1n) is 6.25. The van der Waals surface area contributed by atoms with Crippen LogP contribution in [0.15, 0.2) is 0 Å². The van der Waals surface area contributed by atoms with E-state index < -0.39 is 0 Å². The van der Waals surface area contributed by atoms with Crippen LogP contribution < -0.4 is 0 Å². The minimum atomic E-state index is 0.375. The average Bonchev–Trinajstić information content (AvgIpc) is 2.36. The monoisotopic (exact) mass is 228 g/mol. The van der Waals surface area contributed by atoms with E-state index in [4.69, 9.17) is 4.79 Å². The fourth-order valence-corrected chi connectivity index (χ4v) is 2.14. The van der Waals surface area contributed by atoms with Crippen LogP contribution in [-0.2, 0) is 14.3 Å². The van der Waals surface area contributed by atoms with Crippen molar-refractivity contribution in [3.63, 3.8) is 0 Å². The molecule has 0 amide bonds. The first kappa shape index (κ1) is 15.1. The number of methoxy groups -OCH3 is 1. The SMILES string of the molecule is COC=O.O=CCCCCC1CCCCC1. The van der Waals surface area contributed by atoms with E-state index in [2.05, 4.69) is 4.74 Å². The van der Waals surface area contributed by atoms with Gasteiger partial charge in [0.1, 0.15) is 6.29 Å². The molecule has 0 spiro atoms. The summed E-state index contributed by atoms with van der Waals surface area (Å²) in [5.74, 6) is 0.991. The summed E-state index contributed by atoms with van der Waals surface area (Å²) >= 11 is 0. The van der Waals surface area contributed by atoms with Crippen molar-refractivity contribution in [1.82, 2.24) is 0 Å². The lowest BCUT2D eigenvalue weighted by molar-refractivity contribution is -0.126. The van der Waals surface area contributed by atoms with Crippen molar-refractivity contribution in [3.8, 4) is 0 Å². The Hall–Kier alpha value is -0.860. The molecular weight excluding hydrogens is 204 g/mol. The van der Waals surface area contributed by atoms with Crippen molar-refractivity contribution in [2.75, 3.05) is 7.11 Å². The summed E-state index contributed by atoms with van der Waals surface area (Å²) in [7, 11) is 1.31. The van der Waals surface area contributed by atoms with Crippen LogP contribution in [0.2, 0.25) is 0 Å². The molecule has 1 aliphatic rings. The second-order valence-corrected chi connectivity index (χ2v) is 4.29. The fourth-order valence-electron chi connectivity index (χ4n) is 2.14. The Labute approximate surface area is 98.6 Å². The lowest BCUT2D eigenvalue weighted by atomic mass is 9.86. The van der Waals surface area contributed by atoms with Gasteiger partial charge in [-0.1, -0.05) is 44.9 Å². The second kappa shape index (κ2) is 12.2. The number of ether oxygens (including phenoxy) is 1. The number of unbranched alkanes of at least 4 members (excludes halogenated alkanes) is 2. The normalized spacial score (nSPS) is 15.8. The summed E-state index contributed by atoms with van der Waals surface area (Å²) in [6, 6.07) is 0. The Morgan fingerprint density at radius 3 is 2.25 bits per heavy atom. The van der Waals surface area contributed by atoms with Gasteiger partial charge in [-0.15, -0.1) is 0 Å². The number of hydrogen-bond acceptors (Lipinski definition) is 3. The molecule has 0 atom stereocenters. The number of rotatable bonds is 6. The van der Waals surface area contributed by atoms with Gasteiger partial charge in [-0.05, 0) is 12.3 Å². The molecule has 0 radical (unpaired) electrons. The summed E-state index contributed by atoms with van der Waals surface area (Å²) in [5, 5.41) is 0. The molecule has 0 N–H and O–H groups in total. The van der Waals surface area contributed by atoms with E-state index in [0.29, 0.717) is 6.47 Å². The van der Waals surface area contributed by atoms with Gasteiger partial charge in [0.2, 0.25) is 0 Å². The zero-order valence-corrected chi connectivity index (χ0v) is 10.3. The molecule has 0 aliphatic heterocycles. The van der Waals surface area contributed by atoms with Crippen LogP contribution in [0.25, 0.3) is 0 Å². The molecule has 0 aromatic rings. The van der Waals surface area contributed by atoms with Crippen LogP contribution in [0.5, 0.6) is 0 Å². The standard InChI is InChI=1S/C11H20O.C2H4O2/c12-10-6-2-5-9-11-7-3-1-4-8-11;1-4-2-3/h10-11H,1-9H2;2H,1H3. The van der Waals surface area contributed by atoms with E-state index in [-0.39, 0.29) is 0 Å².